The highest BCUT2D eigenvalue weighted by Gasteiger charge is 2.32. The lowest BCUT2D eigenvalue weighted by Crippen LogP contribution is -2.33. The minimum atomic E-state index is -4.55. The second-order valence-electron chi connectivity index (χ2n) is 7.58. The monoisotopic (exact) mass is 481 g/mol. The molecule has 1 fully saturated rings. The molecule has 0 atom stereocenters. The smallest absolute Gasteiger partial charge is 0.381 e. The first-order chi connectivity index (χ1) is 15.7. The Bertz CT molecular complexity index is 1460. The summed E-state index contributed by atoms with van der Waals surface area (Å²) in [4.78, 5) is 8.45. The van der Waals surface area contributed by atoms with Crippen molar-refractivity contribution in [3.05, 3.63) is 36.2 Å². The van der Waals surface area contributed by atoms with E-state index in [1.54, 1.807) is 6.07 Å². The van der Waals surface area contributed by atoms with Crippen molar-refractivity contribution in [3.63, 3.8) is 0 Å². The molecular formula is C19H18F3N7O3S. The molecule has 0 spiro atoms. The minimum absolute atomic E-state index is 0.0322. The van der Waals surface area contributed by atoms with Crippen LogP contribution in [-0.4, -0.2) is 63.1 Å². The van der Waals surface area contributed by atoms with E-state index in [2.05, 4.69) is 25.5 Å². The number of anilines is 1. The summed E-state index contributed by atoms with van der Waals surface area (Å²) in [6, 6.07) is 3.37. The van der Waals surface area contributed by atoms with Gasteiger partial charge in [0.05, 0.1) is 24.5 Å². The van der Waals surface area contributed by atoms with E-state index >= 15 is 0 Å². The van der Waals surface area contributed by atoms with Gasteiger partial charge in [-0.25, -0.2) is 22.9 Å². The quantitative estimate of drug-likeness (QED) is 0.446. The molecule has 1 aliphatic heterocycles. The Morgan fingerprint density at radius 1 is 1.24 bits per heavy atom. The van der Waals surface area contributed by atoms with Gasteiger partial charge < -0.3 is 10.1 Å². The number of fused-ring (bicyclic) bond motifs is 2. The second-order valence-corrected chi connectivity index (χ2v) is 9.78. The van der Waals surface area contributed by atoms with Crippen molar-refractivity contribution >= 4 is 26.9 Å². The Morgan fingerprint density at radius 3 is 2.70 bits per heavy atom. The van der Waals surface area contributed by atoms with Gasteiger partial charge in [-0.15, -0.1) is 5.10 Å². The summed E-state index contributed by atoms with van der Waals surface area (Å²) in [6.07, 6.45) is -1.95. The number of sulfone groups is 1. The summed E-state index contributed by atoms with van der Waals surface area (Å²) in [5.41, 5.74) is -0.772. The molecule has 0 unspecified atom stereocenters. The highest BCUT2D eigenvalue weighted by atomic mass is 32.2. The van der Waals surface area contributed by atoms with Gasteiger partial charge in [-0.05, 0) is 18.2 Å². The van der Waals surface area contributed by atoms with Gasteiger partial charge in [0.2, 0.25) is 0 Å². The molecular weight excluding hydrogens is 463 g/mol. The van der Waals surface area contributed by atoms with Crippen molar-refractivity contribution in [2.75, 3.05) is 30.8 Å². The molecule has 1 N–H and O–H groups in total. The van der Waals surface area contributed by atoms with Crippen LogP contribution >= 0.6 is 0 Å². The topological polar surface area (TPSA) is 116 Å². The molecule has 0 amide bonds. The average molecular weight is 481 g/mol. The number of nitrogens with zero attached hydrogens (tertiary/aromatic N) is 6. The maximum atomic E-state index is 13.1. The Morgan fingerprint density at radius 2 is 2.03 bits per heavy atom. The van der Waals surface area contributed by atoms with E-state index in [-0.39, 0.29) is 33.5 Å². The van der Waals surface area contributed by atoms with Gasteiger partial charge in [-0.3, -0.25) is 0 Å². The Kier molecular flexibility index (Phi) is 5.01. The number of nitrogens with one attached hydrogen (secondary N) is 1. The summed E-state index contributed by atoms with van der Waals surface area (Å²) in [6.45, 7) is 3.33. The zero-order valence-electron chi connectivity index (χ0n) is 17.2. The molecule has 10 nitrogen and oxygen atoms in total. The number of pyridine rings is 1. The molecule has 14 heteroatoms. The fraction of sp³-hybridized carbons (Fsp3) is 0.368. The van der Waals surface area contributed by atoms with E-state index in [9.17, 15) is 21.6 Å². The Balaban J connectivity index is 1.68. The van der Waals surface area contributed by atoms with Crippen molar-refractivity contribution in [1.82, 2.24) is 29.2 Å². The SMILES string of the molecule is CCS(=O)(=O)c1nn2c(NCC3COC3)ccnc2c1-c1nc2cc(C(F)(F)F)ccn2n1. The molecule has 0 bridgehead atoms. The number of aromatic nitrogens is 6. The first kappa shape index (κ1) is 21.6. The Hall–Kier alpha value is -3.26. The van der Waals surface area contributed by atoms with Crippen LogP contribution < -0.4 is 5.32 Å². The zero-order valence-corrected chi connectivity index (χ0v) is 18.1. The van der Waals surface area contributed by atoms with Crippen molar-refractivity contribution < 1.29 is 26.3 Å². The molecule has 4 aromatic heterocycles. The van der Waals surface area contributed by atoms with Crippen molar-refractivity contribution in [2.45, 2.75) is 18.1 Å². The largest absolute Gasteiger partial charge is 0.416 e. The third-order valence-electron chi connectivity index (χ3n) is 5.33. The summed E-state index contributed by atoms with van der Waals surface area (Å²) in [7, 11) is -3.84. The van der Waals surface area contributed by atoms with Crippen LogP contribution in [0.1, 0.15) is 12.5 Å². The van der Waals surface area contributed by atoms with Crippen molar-refractivity contribution in [3.8, 4) is 11.4 Å². The number of halogens is 3. The van der Waals surface area contributed by atoms with Crippen LogP contribution in [0.2, 0.25) is 0 Å². The molecule has 5 rings (SSSR count). The number of ether oxygens (including phenoxy) is 1. The van der Waals surface area contributed by atoms with Crippen LogP contribution in [0.25, 0.3) is 22.7 Å². The van der Waals surface area contributed by atoms with Gasteiger partial charge in [-0.2, -0.15) is 22.8 Å². The number of alkyl halides is 3. The fourth-order valence-corrected chi connectivity index (χ4v) is 4.40. The van der Waals surface area contributed by atoms with E-state index < -0.39 is 21.6 Å². The lowest BCUT2D eigenvalue weighted by molar-refractivity contribution is -0.137. The predicted molar refractivity (Wildman–Crippen MR) is 110 cm³/mol. The summed E-state index contributed by atoms with van der Waals surface area (Å²) in [5.74, 6) is 0.504. The minimum Gasteiger partial charge on any atom is -0.381 e. The second kappa shape index (κ2) is 7.66. The van der Waals surface area contributed by atoms with Crippen LogP contribution in [0.4, 0.5) is 19.0 Å². The average Bonchev–Trinajstić information content (AvgIpc) is 3.33. The van der Waals surface area contributed by atoms with Crippen LogP contribution in [0.5, 0.6) is 0 Å². The third kappa shape index (κ3) is 3.78. The van der Waals surface area contributed by atoms with E-state index in [4.69, 9.17) is 4.74 Å². The molecule has 174 valence electrons. The Labute approximate surface area is 185 Å². The van der Waals surface area contributed by atoms with E-state index in [1.807, 2.05) is 0 Å². The normalized spacial score (nSPS) is 15.3. The van der Waals surface area contributed by atoms with Gasteiger partial charge in [0.25, 0.3) is 0 Å². The van der Waals surface area contributed by atoms with Crippen molar-refractivity contribution in [2.24, 2.45) is 5.92 Å². The third-order valence-corrected chi connectivity index (χ3v) is 6.96. The maximum Gasteiger partial charge on any atom is 0.416 e. The maximum absolute atomic E-state index is 13.1. The molecule has 4 aromatic rings. The molecule has 1 saturated heterocycles. The van der Waals surface area contributed by atoms with Gasteiger partial charge in [-0.1, -0.05) is 6.92 Å². The fourth-order valence-electron chi connectivity index (χ4n) is 3.42. The predicted octanol–water partition coefficient (Wildman–Crippen LogP) is 2.31. The summed E-state index contributed by atoms with van der Waals surface area (Å²) in [5, 5.41) is 11.4. The first-order valence-electron chi connectivity index (χ1n) is 10.0. The summed E-state index contributed by atoms with van der Waals surface area (Å²) >= 11 is 0. The lowest BCUT2D eigenvalue weighted by atomic mass is 10.1. The molecule has 0 aliphatic carbocycles. The van der Waals surface area contributed by atoms with E-state index in [1.165, 1.54) is 17.6 Å². The van der Waals surface area contributed by atoms with Crippen LogP contribution in [0.3, 0.4) is 0 Å². The molecule has 0 saturated carbocycles. The molecule has 1 aliphatic rings. The van der Waals surface area contributed by atoms with Gasteiger partial charge >= 0.3 is 6.18 Å². The number of hydrogen-bond acceptors (Lipinski definition) is 8. The molecule has 0 radical (unpaired) electrons. The number of hydrogen-bond donors (Lipinski definition) is 1. The van der Waals surface area contributed by atoms with Gasteiger partial charge in [0, 0.05) is 24.9 Å². The molecule has 5 heterocycles. The van der Waals surface area contributed by atoms with Crippen LogP contribution in [-0.2, 0) is 20.8 Å². The molecule has 0 aromatic carbocycles. The highest BCUT2D eigenvalue weighted by Crippen LogP contribution is 2.33. The molecule has 33 heavy (non-hydrogen) atoms. The van der Waals surface area contributed by atoms with E-state index in [0.29, 0.717) is 31.5 Å². The first-order valence-corrected chi connectivity index (χ1v) is 11.7. The summed E-state index contributed by atoms with van der Waals surface area (Å²) < 4.78 is 72.7. The number of rotatable bonds is 6. The van der Waals surface area contributed by atoms with Gasteiger partial charge in [0.15, 0.2) is 32.0 Å². The van der Waals surface area contributed by atoms with E-state index in [0.717, 1.165) is 22.8 Å². The lowest BCUT2D eigenvalue weighted by Gasteiger charge is -2.26. The van der Waals surface area contributed by atoms with Gasteiger partial charge in [0.1, 0.15) is 11.4 Å². The highest BCUT2D eigenvalue weighted by molar-refractivity contribution is 7.91. The van der Waals surface area contributed by atoms with Crippen LogP contribution in [0, 0.1) is 5.92 Å². The standard InChI is InChI=1S/C19H18F3N7O3S/c1-2-33(30,31)18-15(16-25-14-7-12(19(20,21)22)4-6-28(14)26-16)17-23-5-3-13(29(17)27-18)24-8-11-9-32-10-11/h3-7,11,24H,2,8-10H2,1H3. The zero-order chi connectivity index (χ0) is 23.4. The van der Waals surface area contributed by atoms with Crippen LogP contribution in [0.15, 0.2) is 35.6 Å². The van der Waals surface area contributed by atoms with Crippen molar-refractivity contribution in [1.29, 1.82) is 0 Å².